The van der Waals surface area contributed by atoms with Gasteiger partial charge in [0.05, 0.1) is 11.9 Å². The fourth-order valence-corrected chi connectivity index (χ4v) is 3.24. The number of aromatic hydroxyl groups is 1. The maximum absolute atomic E-state index is 11.8. The van der Waals surface area contributed by atoms with Crippen molar-refractivity contribution >= 4 is 6.09 Å². The third kappa shape index (κ3) is 5.40. The number of hydrogen-bond donors (Lipinski definition) is 2. The van der Waals surface area contributed by atoms with Crippen LogP contribution in [0.15, 0.2) is 42.6 Å². The van der Waals surface area contributed by atoms with E-state index in [0.29, 0.717) is 18.6 Å². The van der Waals surface area contributed by atoms with Gasteiger partial charge in [-0.2, -0.15) is 0 Å². The summed E-state index contributed by atoms with van der Waals surface area (Å²) in [6.07, 6.45) is 2.63. The molecular formula is C23H30N2O4. The Balaban J connectivity index is 1.52. The van der Waals surface area contributed by atoms with E-state index < -0.39 is 0 Å². The number of benzene rings is 1. The number of phenols is 1. The molecule has 3 rings (SSSR count). The van der Waals surface area contributed by atoms with Gasteiger partial charge >= 0.3 is 6.09 Å². The predicted molar refractivity (Wildman–Crippen MR) is 111 cm³/mol. The van der Waals surface area contributed by atoms with Gasteiger partial charge in [-0.1, -0.05) is 26.0 Å². The number of alkyl carbamates (subject to hydrolysis) is 1. The second-order valence-electron chi connectivity index (χ2n) is 9.16. The summed E-state index contributed by atoms with van der Waals surface area (Å²) in [6, 6.07) is 11.1. The fourth-order valence-electron chi connectivity index (χ4n) is 3.24. The number of nitrogens with one attached hydrogen (secondary N) is 1. The highest BCUT2D eigenvalue weighted by molar-refractivity contribution is 5.68. The zero-order chi connectivity index (χ0) is 21.2. The lowest BCUT2D eigenvalue weighted by atomic mass is 9.81. The van der Waals surface area contributed by atoms with Crippen LogP contribution in [0, 0.1) is 0 Å². The maximum Gasteiger partial charge on any atom is 0.407 e. The molecule has 6 nitrogen and oxygen atoms in total. The molecule has 1 aliphatic rings. The molecule has 1 aromatic heterocycles. The number of aromatic nitrogens is 1. The summed E-state index contributed by atoms with van der Waals surface area (Å²) >= 11 is 0. The van der Waals surface area contributed by atoms with E-state index >= 15 is 0 Å². The Morgan fingerprint density at radius 2 is 1.69 bits per heavy atom. The van der Waals surface area contributed by atoms with Gasteiger partial charge < -0.3 is 19.9 Å². The topological polar surface area (TPSA) is 80.7 Å². The van der Waals surface area contributed by atoms with Crippen molar-refractivity contribution in [3.05, 3.63) is 53.9 Å². The Morgan fingerprint density at radius 1 is 1.03 bits per heavy atom. The van der Waals surface area contributed by atoms with Crippen LogP contribution in [0.2, 0.25) is 0 Å². The van der Waals surface area contributed by atoms with E-state index in [9.17, 15) is 9.90 Å². The van der Waals surface area contributed by atoms with E-state index in [0.717, 1.165) is 11.3 Å². The summed E-state index contributed by atoms with van der Waals surface area (Å²) in [4.78, 5) is 16.4. The molecule has 0 radical (unpaired) electrons. The Bertz CT molecular complexity index is 833. The van der Waals surface area contributed by atoms with Crippen molar-refractivity contribution in [1.82, 2.24) is 10.3 Å². The van der Waals surface area contributed by atoms with E-state index in [1.54, 1.807) is 18.3 Å². The quantitative estimate of drug-likeness (QED) is 0.772. The van der Waals surface area contributed by atoms with Crippen molar-refractivity contribution in [3.63, 3.8) is 0 Å². The van der Waals surface area contributed by atoms with E-state index in [-0.39, 0.29) is 35.0 Å². The summed E-state index contributed by atoms with van der Waals surface area (Å²) in [5.74, 6) is 0.956. The molecule has 1 aliphatic carbocycles. The predicted octanol–water partition coefficient (Wildman–Crippen LogP) is 4.55. The summed E-state index contributed by atoms with van der Waals surface area (Å²) in [7, 11) is 0. The second kappa shape index (κ2) is 7.93. The number of amides is 1. The number of rotatable bonds is 5. The zero-order valence-electron chi connectivity index (χ0n) is 17.7. The molecule has 1 fully saturated rings. The van der Waals surface area contributed by atoms with E-state index in [1.807, 2.05) is 45.0 Å². The zero-order valence-corrected chi connectivity index (χ0v) is 17.7. The molecule has 0 saturated heterocycles. The number of nitrogens with zero attached hydrogens (tertiary/aromatic N) is 1. The average Bonchev–Trinajstić information content (AvgIpc) is 2.59. The standard InChI is InChI=1S/C23H30N2O4/c1-22(2,3)25-21(27)29-19-12-18(13-19)28-17-10-11-20(24-14-17)23(4,5)15-6-8-16(26)9-7-15/h6-11,14,18-19,26H,12-13H2,1-5H3,(H,25,27). The number of hydrogen-bond acceptors (Lipinski definition) is 5. The van der Waals surface area contributed by atoms with Gasteiger partial charge in [-0.25, -0.2) is 4.79 Å². The third-order valence-electron chi connectivity index (χ3n) is 5.07. The molecule has 1 heterocycles. The molecule has 29 heavy (non-hydrogen) atoms. The molecule has 2 aromatic rings. The number of carbonyl (C=O) groups is 1. The monoisotopic (exact) mass is 398 g/mol. The van der Waals surface area contributed by atoms with Crippen molar-refractivity contribution in [2.45, 2.75) is 70.6 Å². The summed E-state index contributed by atoms with van der Waals surface area (Å²) < 4.78 is 11.3. The maximum atomic E-state index is 11.8. The summed E-state index contributed by atoms with van der Waals surface area (Å²) in [5.41, 5.74) is 1.40. The molecule has 0 aliphatic heterocycles. The minimum Gasteiger partial charge on any atom is -0.508 e. The van der Waals surface area contributed by atoms with Gasteiger partial charge in [0.25, 0.3) is 0 Å². The number of carbonyl (C=O) groups excluding carboxylic acids is 1. The highest BCUT2D eigenvalue weighted by Crippen LogP contribution is 2.33. The molecule has 1 aromatic carbocycles. The Kier molecular flexibility index (Phi) is 5.73. The van der Waals surface area contributed by atoms with E-state index in [4.69, 9.17) is 9.47 Å². The smallest absolute Gasteiger partial charge is 0.407 e. The van der Waals surface area contributed by atoms with Gasteiger partial charge in [-0.3, -0.25) is 4.98 Å². The van der Waals surface area contributed by atoms with Crippen molar-refractivity contribution in [2.75, 3.05) is 0 Å². The van der Waals surface area contributed by atoms with Gasteiger partial charge in [0.15, 0.2) is 0 Å². The third-order valence-corrected chi connectivity index (χ3v) is 5.07. The van der Waals surface area contributed by atoms with Crippen LogP contribution in [-0.2, 0) is 10.2 Å². The minimum absolute atomic E-state index is 0.0280. The molecule has 6 heteroatoms. The Hall–Kier alpha value is -2.76. The lowest BCUT2D eigenvalue weighted by Gasteiger charge is -2.35. The van der Waals surface area contributed by atoms with Crippen molar-refractivity contribution in [3.8, 4) is 11.5 Å². The lowest BCUT2D eigenvalue weighted by Crippen LogP contribution is -2.46. The van der Waals surface area contributed by atoms with Gasteiger partial charge in [-0.05, 0) is 50.6 Å². The first kappa shape index (κ1) is 21.0. The fraction of sp³-hybridized carbons (Fsp3) is 0.478. The van der Waals surface area contributed by atoms with Crippen LogP contribution in [0.25, 0.3) is 0 Å². The highest BCUT2D eigenvalue weighted by Gasteiger charge is 2.35. The lowest BCUT2D eigenvalue weighted by molar-refractivity contribution is -0.0245. The van der Waals surface area contributed by atoms with Crippen LogP contribution in [0.4, 0.5) is 4.79 Å². The molecule has 156 valence electrons. The molecule has 0 spiro atoms. The molecule has 0 atom stereocenters. The van der Waals surface area contributed by atoms with E-state index in [2.05, 4.69) is 24.1 Å². The average molecular weight is 399 g/mol. The van der Waals surface area contributed by atoms with Crippen LogP contribution >= 0.6 is 0 Å². The van der Waals surface area contributed by atoms with Crippen LogP contribution in [-0.4, -0.2) is 33.9 Å². The van der Waals surface area contributed by atoms with Gasteiger partial charge in [-0.15, -0.1) is 0 Å². The number of pyridine rings is 1. The normalized spacial score (nSPS) is 19.2. The molecular weight excluding hydrogens is 368 g/mol. The van der Waals surface area contributed by atoms with Crippen molar-refractivity contribution in [2.24, 2.45) is 0 Å². The van der Waals surface area contributed by atoms with Gasteiger partial charge in [0, 0.05) is 23.8 Å². The van der Waals surface area contributed by atoms with Crippen LogP contribution < -0.4 is 10.1 Å². The minimum atomic E-state index is -0.386. The SMILES string of the molecule is CC(C)(C)NC(=O)OC1CC(Oc2ccc(C(C)(C)c3ccc(O)cc3)nc2)C1. The van der Waals surface area contributed by atoms with Crippen LogP contribution in [0.5, 0.6) is 11.5 Å². The number of ether oxygens (including phenoxy) is 2. The highest BCUT2D eigenvalue weighted by atomic mass is 16.6. The first-order chi connectivity index (χ1) is 13.5. The van der Waals surface area contributed by atoms with Crippen molar-refractivity contribution < 1.29 is 19.4 Å². The Labute approximate surface area is 172 Å². The molecule has 2 N–H and O–H groups in total. The molecule has 0 unspecified atom stereocenters. The largest absolute Gasteiger partial charge is 0.508 e. The van der Waals surface area contributed by atoms with Gasteiger partial charge in [0.1, 0.15) is 23.7 Å². The van der Waals surface area contributed by atoms with Gasteiger partial charge in [0.2, 0.25) is 0 Å². The van der Waals surface area contributed by atoms with Crippen LogP contribution in [0.1, 0.15) is 58.7 Å². The van der Waals surface area contributed by atoms with Crippen LogP contribution in [0.3, 0.4) is 0 Å². The number of phenolic OH excluding ortho intramolecular Hbond substituents is 1. The molecule has 1 amide bonds. The first-order valence-corrected chi connectivity index (χ1v) is 9.94. The first-order valence-electron chi connectivity index (χ1n) is 9.94. The molecule has 1 saturated carbocycles. The summed E-state index contributed by atoms with van der Waals surface area (Å²) in [5, 5.41) is 12.3. The molecule has 0 bridgehead atoms. The summed E-state index contributed by atoms with van der Waals surface area (Å²) in [6.45, 7) is 9.94. The van der Waals surface area contributed by atoms with E-state index in [1.165, 1.54) is 0 Å². The second-order valence-corrected chi connectivity index (χ2v) is 9.16. The Morgan fingerprint density at radius 3 is 2.24 bits per heavy atom. The van der Waals surface area contributed by atoms with Crippen molar-refractivity contribution in [1.29, 1.82) is 0 Å².